The molecule has 21 heavy (non-hydrogen) atoms. The van der Waals surface area contributed by atoms with Gasteiger partial charge in [0.25, 0.3) is 0 Å². The molecule has 0 radical (unpaired) electrons. The van der Waals surface area contributed by atoms with Crippen LogP contribution in [-0.4, -0.2) is 45.4 Å². The van der Waals surface area contributed by atoms with Gasteiger partial charge in [-0.1, -0.05) is 20.8 Å². The number of nitrogens with zero attached hydrogens (tertiary/aromatic N) is 3. The topological polar surface area (TPSA) is 88.8 Å². The van der Waals surface area contributed by atoms with E-state index in [-0.39, 0.29) is 12.0 Å². The second-order valence-electron chi connectivity index (χ2n) is 5.79. The summed E-state index contributed by atoms with van der Waals surface area (Å²) in [5.41, 5.74) is 1.56. The van der Waals surface area contributed by atoms with Crippen molar-refractivity contribution < 1.29 is 14.6 Å². The van der Waals surface area contributed by atoms with E-state index in [0.29, 0.717) is 5.82 Å². The average Bonchev–Trinajstić information content (AvgIpc) is 2.88. The number of ether oxygens (including phenoxy) is 1. The maximum Gasteiger partial charge on any atom is 0.330 e. The monoisotopic (exact) mass is 292 g/mol. The second-order valence-corrected chi connectivity index (χ2v) is 5.79. The van der Waals surface area contributed by atoms with Gasteiger partial charge < -0.3 is 15.2 Å². The number of aliphatic hydroxyl groups is 1. The van der Waals surface area contributed by atoms with Gasteiger partial charge in [-0.25, -0.2) is 14.3 Å². The van der Waals surface area contributed by atoms with Gasteiger partial charge >= 0.3 is 5.97 Å². The minimum absolute atomic E-state index is 0.0952. The summed E-state index contributed by atoms with van der Waals surface area (Å²) >= 11 is 0. The molecule has 0 bridgehead atoms. The van der Waals surface area contributed by atoms with Crippen LogP contribution in [0.25, 0.3) is 5.52 Å². The van der Waals surface area contributed by atoms with Crippen LogP contribution in [0.5, 0.6) is 0 Å². The summed E-state index contributed by atoms with van der Waals surface area (Å²) in [7, 11) is 1.28. The number of hydrogen-bond donors (Lipinski definition) is 2. The van der Waals surface area contributed by atoms with Crippen molar-refractivity contribution in [2.45, 2.75) is 32.2 Å². The highest BCUT2D eigenvalue weighted by Gasteiger charge is 2.22. The van der Waals surface area contributed by atoms with E-state index in [0.717, 1.165) is 11.2 Å². The number of methoxy groups -OCH3 is 1. The summed E-state index contributed by atoms with van der Waals surface area (Å²) in [6, 6.07) is 1.06. The van der Waals surface area contributed by atoms with Crippen LogP contribution in [0, 0.1) is 0 Å². The van der Waals surface area contributed by atoms with Crippen LogP contribution in [0.2, 0.25) is 0 Å². The summed E-state index contributed by atoms with van der Waals surface area (Å²) in [5, 5.41) is 16.7. The third-order valence-electron chi connectivity index (χ3n) is 3.14. The number of hydrogen-bond acceptors (Lipinski definition) is 6. The van der Waals surface area contributed by atoms with Crippen LogP contribution in [0.3, 0.4) is 0 Å². The number of anilines is 1. The lowest BCUT2D eigenvalue weighted by molar-refractivity contribution is -0.142. The first-order valence-corrected chi connectivity index (χ1v) is 6.67. The predicted molar refractivity (Wildman–Crippen MR) is 78.2 cm³/mol. The van der Waals surface area contributed by atoms with Crippen LogP contribution in [-0.2, 0) is 14.9 Å². The zero-order valence-electron chi connectivity index (χ0n) is 12.6. The molecule has 7 nitrogen and oxygen atoms in total. The number of aromatic nitrogens is 3. The Morgan fingerprint density at radius 2 is 2.24 bits per heavy atom. The molecule has 0 aromatic carbocycles. The summed E-state index contributed by atoms with van der Waals surface area (Å²) in [6.45, 7) is 5.83. The van der Waals surface area contributed by atoms with Crippen molar-refractivity contribution >= 4 is 17.3 Å². The number of carbonyl (C=O) groups is 1. The van der Waals surface area contributed by atoms with Crippen LogP contribution in [0.1, 0.15) is 26.5 Å². The summed E-state index contributed by atoms with van der Waals surface area (Å²) in [4.78, 5) is 15.8. The molecule has 2 aromatic rings. The van der Waals surface area contributed by atoms with Gasteiger partial charge in [-0.15, -0.1) is 0 Å². The van der Waals surface area contributed by atoms with Gasteiger partial charge in [0, 0.05) is 17.8 Å². The van der Waals surface area contributed by atoms with Gasteiger partial charge in [-0.3, -0.25) is 0 Å². The summed E-state index contributed by atoms with van der Waals surface area (Å²) in [6.07, 6.45) is 3.32. The molecular formula is C14H20N4O3. The Morgan fingerprint density at radius 3 is 2.81 bits per heavy atom. The standard InChI is InChI=1S/C14H20N4O3/c1-14(2,3)11-7-10-12(15-5-6-18(10)17-11)16-9(8-19)13(20)21-4/h5-7,9,19H,8H2,1-4H3,(H,15,16). The van der Waals surface area contributed by atoms with Gasteiger partial charge in [0.05, 0.1) is 19.4 Å². The Kier molecular flexibility index (Phi) is 4.13. The zero-order valence-corrected chi connectivity index (χ0v) is 12.6. The highest BCUT2D eigenvalue weighted by atomic mass is 16.5. The molecule has 0 fully saturated rings. The van der Waals surface area contributed by atoms with Gasteiger partial charge in [-0.2, -0.15) is 5.10 Å². The molecule has 0 aliphatic rings. The van der Waals surface area contributed by atoms with Crippen LogP contribution < -0.4 is 5.32 Å². The predicted octanol–water partition coefficient (Wildman–Crippen LogP) is 0.973. The minimum atomic E-state index is -0.860. The first-order chi connectivity index (χ1) is 9.86. The van der Waals surface area contributed by atoms with Crippen molar-refractivity contribution in [3.8, 4) is 0 Å². The summed E-state index contributed by atoms with van der Waals surface area (Å²) in [5.74, 6) is -0.0678. The largest absolute Gasteiger partial charge is 0.467 e. The number of nitrogens with one attached hydrogen (secondary N) is 1. The van der Waals surface area contributed by atoms with Crippen LogP contribution >= 0.6 is 0 Å². The van der Waals surface area contributed by atoms with E-state index >= 15 is 0 Å². The lowest BCUT2D eigenvalue weighted by Gasteiger charge is -2.14. The number of esters is 1. The number of carbonyl (C=O) groups excluding carboxylic acids is 1. The Balaban J connectivity index is 2.40. The van der Waals surface area contributed by atoms with E-state index in [9.17, 15) is 9.90 Å². The van der Waals surface area contributed by atoms with E-state index in [4.69, 9.17) is 0 Å². The van der Waals surface area contributed by atoms with Crippen molar-refractivity contribution in [3.05, 3.63) is 24.2 Å². The van der Waals surface area contributed by atoms with Crippen molar-refractivity contribution in [3.63, 3.8) is 0 Å². The molecule has 2 rings (SSSR count). The number of rotatable bonds is 4. The quantitative estimate of drug-likeness (QED) is 0.816. The number of aliphatic hydroxyl groups excluding tert-OH is 1. The lowest BCUT2D eigenvalue weighted by atomic mass is 9.92. The van der Waals surface area contributed by atoms with Crippen molar-refractivity contribution in [1.82, 2.24) is 14.6 Å². The fourth-order valence-electron chi connectivity index (χ4n) is 1.89. The van der Waals surface area contributed by atoms with E-state index in [1.165, 1.54) is 7.11 Å². The molecule has 0 aliphatic carbocycles. The van der Waals surface area contributed by atoms with Crippen molar-refractivity contribution in [2.24, 2.45) is 0 Å². The molecule has 2 N–H and O–H groups in total. The number of fused-ring (bicyclic) bond motifs is 1. The molecule has 0 spiro atoms. The molecule has 1 unspecified atom stereocenters. The molecule has 114 valence electrons. The van der Waals surface area contributed by atoms with Gasteiger partial charge in [0.15, 0.2) is 5.82 Å². The van der Waals surface area contributed by atoms with E-state index in [1.807, 2.05) is 6.07 Å². The smallest absolute Gasteiger partial charge is 0.330 e. The molecule has 0 aliphatic heterocycles. The van der Waals surface area contributed by atoms with Crippen molar-refractivity contribution in [2.75, 3.05) is 19.0 Å². The fraction of sp³-hybridized carbons (Fsp3) is 0.500. The van der Waals surface area contributed by atoms with Crippen molar-refractivity contribution in [1.29, 1.82) is 0 Å². The second kappa shape index (κ2) is 5.69. The molecule has 0 saturated carbocycles. The minimum Gasteiger partial charge on any atom is -0.467 e. The molecular weight excluding hydrogens is 272 g/mol. The Morgan fingerprint density at radius 1 is 1.52 bits per heavy atom. The maximum absolute atomic E-state index is 11.6. The molecule has 0 saturated heterocycles. The van der Waals surface area contributed by atoms with Gasteiger partial charge in [0.1, 0.15) is 11.6 Å². The Bertz CT molecular complexity index is 645. The average molecular weight is 292 g/mol. The highest BCUT2D eigenvalue weighted by molar-refractivity contribution is 5.81. The van der Waals surface area contributed by atoms with Gasteiger partial charge in [-0.05, 0) is 6.07 Å². The first kappa shape index (κ1) is 15.2. The molecule has 0 amide bonds. The molecule has 2 heterocycles. The van der Waals surface area contributed by atoms with E-state index in [2.05, 4.69) is 40.9 Å². The summed E-state index contributed by atoms with van der Waals surface area (Å²) < 4.78 is 6.33. The van der Waals surface area contributed by atoms with E-state index in [1.54, 1.807) is 16.9 Å². The maximum atomic E-state index is 11.6. The molecule has 1 atom stereocenters. The van der Waals surface area contributed by atoms with Gasteiger partial charge in [0.2, 0.25) is 0 Å². The Labute approximate surface area is 122 Å². The first-order valence-electron chi connectivity index (χ1n) is 6.67. The lowest BCUT2D eigenvalue weighted by Crippen LogP contribution is -2.34. The van der Waals surface area contributed by atoms with Crippen LogP contribution in [0.15, 0.2) is 18.5 Å². The van der Waals surface area contributed by atoms with E-state index < -0.39 is 12.0 Å². The third kappa shape index (κ3) is 3.13. The zero-order chi connectivity index (χ0) is 15.6. The SMILES string of the molecule is COC(=O)C(CO)Nc1nccn2nc(C(C)(C)C)cc12. The fourth-order valence-corrected chi connectivity index (χ4v) is 1.89. The molecule has 2 aromatic heterocycles. The highest BCUT2D eigenvalue weighted by Crippen LogP contribution is 2.24. The third-order valence-corrected chi connectivity index (χ3v) is 3.14. The normalized spacial score (nSPS) is 13.2. The van der Waals surface area contributed by atoms with Crippen LogP contribution in [0.4, 0.5) is 5.82 Å². The molecule has 7 heteroatoms. The Hall–Kier alpha value is -2.15.